The van der Waals surface area contributed by atoms with Crippen LogP contribution in [0.1, 0.15) is 10.4 Å². The Hall–Kier alpha value is -3.84. The molecular formula is C18H11Cl2F3N6O4. The average Bonchev–Trinajstić information content (AvgIpc) is 2.72. The van der Waals surface area contributed by atoms with Crippen molar-refractivity contribution in [2.75, 3.05) is 10.7 Å². The molecule has 3 rings (SSSR count). The average molecular weight is 503 g/mol. The number of anilines is 3. The van der Waals surface area contributed by atoms with Crippen LogP contribution in [0, 0.1) is 10.1 Å². The maximum Gasteiger partial charge on any atom is 0.573 e. The minimum absolute atomic E-state index is 0.0461. The Morgan fingerprint density at radius 3 is 2.33 bits per heavy atom. The quantitative estimate of drug-likeness (QED) is 0.300. The van der Waals surface area contributed by atoms with Gasteiger partial charge in [-0.3, -0.25) is 25.8 Å². The molecule has 0 saturated carbocycles. The number of nitrogens with one attached hydrogen (secondary N) is 3. The van der Waals surface area contributed by atoms with Crippen LogP contribution in [0.15, 0.2) is 48.8 Å². The molecule has 3 aromatic rings. The van der Waals surface area contributed by atoms with Gasteiger partial charge in [-0.1, -0.05) is 23.2 Å². The number of alkyl halides is 3. The van der Waals surface area contributed by atoms with E-state index in [0.29, 0.717) is 5.02 Å². The molecule has 0 aliphatic heterocycles. The number of ether oxygens (including phenoxy) is 1. The van der Waals surface area contributed by atoms with Crippen LogP contribution in [-0.4, -0.2) is 27.2 Å². The summed E-state index contributed by atoms with van der Waals surface area (Å²) in [6.45, 7) is 0. The first-order valence-corrected chi connectivity index (χ1v) is 9.42. The van der Waals surface area contributed by atoms with Crippen LogP contribution in [0.25, 0.3) is 0 Å². The number of hydrogen-bond donors (Lipinski definition) is 3. The first-order chi connectivity index (χ1) is 15.5. The van der Waals surface area contributed by atoms with E-state index in [4.69, 9.17) is 23.2 Å². The van der Waals surface area contributed by atoms with E-state index in [-0.39, 0.29) is 27.9 Å². The number of benzene rings is 2. The third-order valence-corrected chi connectivity index (χ3v) is 4.37. The van der Waals surface area contributed by atoms with E-state index >= 15 is 0 Å². The van der Waals surface area contributed by atoms with Crippen LogP contribution < -0.4 is 20.9 Å². The highest BCUT2D eigenvalue weighted by Gasteiger charge is 2.31. The van der Waals surface area contributed by atoms with Crippen LogP contribution >= 0.6 is 23.2 Å². The summed E-state index contributed by atoms with van der Waals surface area (Å²) in [7, 11) is 0. The highest BCUT2D eigenvalue weighted by molar-refractivity contribution is 6.36. The smallest absolute Gasteiger partial charge is 0.406 e. The Morgan fingerprint density at radius 2 is 1.73 bits per heavy atom. The van der Waals surface area contributed by atoms with Crippen LogP contribution in [0.3, 0.4) is 0 Å². The fourth-order valence-electron chi connectivity index (χ4n) is 2.47. The zero-order valence-corrected chi connectivity index (χ0v) is 17.5. The van der Waals surface area contributed by atoms with Gasteiger partial charge in [0.05, 0.1) is 15.5 Å². The summed E-state index contributed by atoms with van der Waals surface area (Å²) < 4.78 is 40.6. The van der Waals surface area contributed by atoms with Gasteiger partial charge in [-0.2, -0.15) is 0 Å². The predicted molar refractivity (Wildman–Crippen MR) is 113 cm³/mol. The van der Waals surface area contributed by atoms with Gasteiger partial charge < -0.3 is 10.1 Å². The van der Waals surface area contributed by atoms with Crippen molar-refractivity contribution in [3.63, 3.8) is 0 Å². The second kappa shape index (κ2) is 9.75. The van der Waals surface area contributed by atoms with Gasteiger partial charge in [-0.05, 0) is 42.5 Å². The van der Waals surface area contributed by atoms with Gasteiger partial charge in [-0.15, -0.1) is 13.2 Å². The summed E-state index contributed by atoms with van der Waals surface area (Å²) in [4.78, 5) is 30.6. The molecular weight excluding hydrogens is 492 g/mol. The van der Waals surface area contributed by atoms with E-state index in [1.807, 2.05) is 0 Å². The molecule has 0 unspecified atom stereocenters. The number of hydrazine groups is 1. The summed E-state index contributed by atoms with van der Waals surface area (Å²) in [5.74, 6) is -1.86. The Bertz CT molecular complexity index is 1190. The number of carbonyl (C=O) groups is 1. The fourth-order valence-corrected chi connectivity index (χ4v) is 2.96. The highest BCUT2D eigenvalue weighted by atomic mass is 35.5. The van der Waals surface area contributed by atoms with Gasteiger partial charge in [0.2, 0.25) is 11.6 Å². The van der Waals surface area contributed by atoms with Gasteiger partial charge in [0.25, 0.3) is 5.91 Å². The SMILES string of the molecule is O=C(NNc1ncnc(Nc2ccc(OC(F)(F)F)cc2)c1[N+](=O)[O-])c1ccc(Cl)cc1Cl. The highest BCUT2D eigenvalue weighted by Crippen LogP contribution is 2.32. The number of aromatic nitrogens is 2. The summed E-state index contributed by atoms with van der Waals surface area (Å²) in [6.07, 6.45) is -3.89. The second-order valence-corrected chi connectivity index (χ2v) is 6.92. The van der Waals surface area contributed by atoms with Crippen molar-refractivity contribution < 1.29 is 27.6 Å². The van der Waals surface area contributed by atoms with Crippen molar-refractivity contribution in [2.45, 2.75) is 6.36 Å². The number of hydrogen-bond acceptors (Lipinski definition) is 8. The first-order valence-electron chi connectivity index (χ1n) is 8.67. The molecule has 0 radical (unpaired) electrons. The third kappa shape index (κ3) is 6.33. The minimum atomic E-state index is -4.86. The minimum Gasteiger partial charge on any atom is -0.406 e. The lowest BCUT2D eigenvalue weighted by atomic mass is 10.2. The molecule has 33 heavy (non-hydrogen) atoms. The van der Waals surface area contributed by atoms with E-state index in [9.17, 15) is 28.1 Å². The van der Waals surface area contributed by atoms with Gasteiger partial charge in [0.1, 0.15) is 12.1 Å². The Morgan fingerprint density at radius 1 is 1.06 bits per heavy atom. The van der Waals surface area contributed by atoms with Crippen molar-refractivity contribution >= 4 is 52.1 Å². The molecule has 0 aliphatic carbocycles. The molecule has 2 aromatic carbocycles. The van der Waals surface area contributed by atoms with Gasteiger partial charge in [-0.25, -0.2) is 9.97 Å². The number of nitro groups is 1. The third-order valence-electron chi connectivity index (χ3n) is 3.83. The number of nitrogens with zero attached hydrogens (tertiary/aromatic N) is 3. The molecule has 1 amide bonds. The summed E-state index contributed by atoms with van der Waals surface area (Å²) in [5, 5.41) is 14.6. The van der Waals surface area contributed by atoms with E-state index in [1.54, 1.807) is 0 Å². The van der Waals surface area contributed by atoms with Gasteiger partial charge in [0, 0.05) is 10.7 Å². The van der Waals surface area contributed by atoms with E-state index in [1.165, 1.54) is 30.3 Å². The molecule has 0 saturated heterocycles. The summed E-state index contributed by atoms with van der Waals surface area (Å²) in [6, 6.07) is 8.56. The summed E-state index contributed by atoms with van der Waals surface area (Å²) in [5.41, 5.74) is 4.13. The number of amides is 1. The maximum absolute atomic E-state index is 12.3. The van der Waals surface area contributed by atoms with Crippen molar-refractivity contribution in [1.29, 1.82) is 0 Å². The topological polar surface area (TPSA) is 131 Å². The van der Waals surface area contributed by atoms with E-state index < -0.39 is 28.6 Å². The molecule has 0 atom stereocenters. The summed E-state index contributed by atoms with van der Waals surface area (Å²) >= 11 is 11.7. The molecule has 172 valence electrons. The molecule has 0 aliphatic rings. The van der Waals surface area contributed by atoms with E-state index in [0.717, 1.165) is 18.5 Å². The number of carbonyl (C=O) groups excluding carboxylic acids is 1. The Kier molecular flexibility index (Phi) is 7.04. The lowest BCUT2D eigenvalue weighted by Gasteiger charge is -2.12. The van der Waals surface area contributed by atoms with Crippen LogP contribution in [-0.2, 0) is 0 Å². The van der Waals surface area contributed by atoms with E-state index in [2.05, 4.69) is 30.9 Å². The second-order valence-electron chi connectivity index (χ2n) is 6.08. The van der Waals surface area contributed by atoms with Gasteiger partial charge in [0.15, 0.2) is 0 Å². The van der Waals surface area contributed by atoms with Crippen LogP contribution in [0.2, 0.25) is 10.0 Å². The molecule has 1 aromatic heterocycles. The molecule has 15 heteroatoms. The predicted octanol–water partition coefficient (Wildman–Crippen LogP) is 5.09. The molecule has 3 N–H and O–H groups in total. The van der Waals surface area contributed by atoms with Crippen molar-refractivity contribution in [1.82, 2.24) is 15.4 Å². The standard InChI is InChI=1S/C18H11Cl2F3N6O4/c19-9-1-6-12(13(20)7-9)17(30)28-27-16-14(29(31)32)15(24-8-25-16)26-10-2-4-11(5-3-10)33-18(21,22)23/h1-8H,(H,28,30)(H2,24,25,26,27). The van der Waals surface area contributed by atoms with Crippen molar-refractivity contribution in [2.24, 2.45) is 0 Å². The van der Waals surface area contributed by atoms with Gasteiger partial charge >= 0.3 is 12.0 Å². The lowest BCUT2D eigenvalue weighted by Crippen LogP contribution is -2.30. The molecule has 10 nitrogen and oxygen atoms in total. The first kappa shape index (κ1) is 23.8. The Balaban J connectivity index is 1.78. The van der Waals surface area contributed by atoms with Crippen LogP contribution in [0.4, 0.5) is 36.2 Å². The lowest BCUT2D eigenvalue weighted by molar-refractivity contribution is -0.383. The van der Waals surface area contributed by atoms with Crippen molar-refractivity contribution in [3.8, 4) is 5.75 Å². The number of halogens is 5. The normalized spacial score (nSPS) is 10.9. The van der Waals surface area contributed by atoms with Crippen molar-refractivity contribution in [3.05, 3.63) is 74.5 Å². The zero-order chi connectivity index (χ0) is 24.2. The fraction of sp³-hybridized carbons (Fsp3) is 0.0556. The monoisotopic (exact) mass is 502 g/mol. The molecule has 0 fully saturated rings. The maximum atomic E-state index is 12.3. The number of rotatable bonds is 7. The zero-order valence-electron chi connectivity index (χ0n) is 16.0. The largest absolute Gasteiger partial charge is 0.573 e. The van der Waals surface area contributed by atoms with Crippen LogP contribution in [0.5, 0.6) is 5.75 Å². The Labute approximate surface area is 192 Å². The molecule has 0 spiro atoms. The molecule has 1 heterocycles. The molecule has 0 bridgehead atoms.